The first kappa shape index (κ1) is 11.6. The lowest BCUT2D eigenvalue weighted by molar-refractivity contribution is 1.41. The van der Waals surface area contributed by atoms with E-state index in [1.165, 1.54) is 16.7 Å². The largest absolute Gasteiger partial charge is 0.245 e. The van der Waals surface area contributed by atoms with Crippen molar-refractivity contribution in [2.24, 2.45) is 0 Å². The second-order valence-electron chi connectivity index (χ2n) is 3.90. The second-order valence-corrected chi connectivity index (χ2v) is 5.47. The molecule has 0 spiro atoms. The van der Waals surface area contributed by atoms with Crippen LogP contribution in [0.3, 0.4) is 0 Å². The Balaban J connectivity index is 2.22. The minimum absolute atomic E-state index is 1.03. The smallest absolute Gasteiger partial charge is 0.0817 e. The monoisotopic (exact) mass is 315 g/mol. The molecule has 0 fully saturated rings. The number of aromatic nitrogens is 1. The van der Waals surface area contributed by atoms with Crippen LogP contribution in [0, 0.1) is 0 Å². The van der Waals surface area contributed by atoms with E-state index in [4.69, 9.17) is 0 Å². The van der Waals surface area contributed by atoms with Gasteiger partial charge in [0, 0.05) is 15.4 Å². The molecule has 0 radical (unpaired) electrons. The van der Waals surface area contributed by atoms with Gasteiger partial charge in [0.25, 0.3) is 0 Å². The van der Waals surface area contributed by atoms with Gasteiger partial charge in [0.1, 0.15) is 0 Å². The molecule has 1 aromatic heterocycles. The van der Waals surface area contributed by atoms with Crippen LogP contribution in [-0.4, -0.2) is 4.98 Å². The standard InChI is InChI=1S/C15H10BrNS/c16-14-8-4-3-6-12(14)11-5-1-2-7-13(11)15-9-18-10-17-15/h1-10H. The molecule has 3 rings (SSSR count). The van der Waals surface area contributed by atoms with Crippen molar-refractivity contribution < 1.29 is 0 Å². The average molecular weight is 316 g/mol. The minimum atomic E-state index is 1.03. The zero-order chi connectivity index (χ0) is 12.4. The fourth-order valence-corrected chi connectivity index (χ4v) is 3.02. The van der Waals surface area contributed by atoms with Crippen LogP contribution < -0.4 is 0 Å². The summed E-state index contributed by atoms with van der Waals surface area (Å²) in [5.74, 6) is 0. The summed E-state index contributed by atoms with van der Waals surface area (Å²) in [6, 6.07) is 16.6. The summed E-state index contributed by atoms with van der Waals surface area (Å²) >= 11 is 5.23. The molecule has 3 heteroatoms. The summed E-state index contributed by atoms with van der Waals surface area (Å²) in [5.41, 5.74) is 6.47. The van der Waals surface area contributed by atoms with Crippen LogP contribution >= 0.6 is 27.3 Å². The van der Waals surface area contributed by atoms with E-state index >= 15 is 0 Å². The third kappa shape index (κ3) is 2.11. The van der Waals surface area contributed by atoms with Gasteiger partial charge in [-0.1, -0.05) is 58.4 Å². The summed E-state index contributed by atoms with van der Waals surface area (Å²) in [6.07, 6.45) is 0. The van der Waals surface area contributed by atoms with E-state index in [1.54, 1.807) is 11.3 Å². The average Bonchev–Trinajstić information content (AvgIpc) is 2.93. The molecule has 88 valence electrons. The maximum absolute atomic E-state index is 4.41. The Bertz CT molecular complexity index is 662. The normalized spacial score (nSPS) is 10.5. The van der Waals surface area contributed by atoms with Gasteiger partial charge in [-0.25, -0.2) is 4.98 Å². The van der Waals surface area contributed by atoms with Crippen molar-refractivity contribution in [3.05, 3.63) is 63.9 Å². The Hall–Kier alpha value is -1.45. The molecule has 18 heavy (non-hydrogen) atoms. The third-order valence-electron chi connectivity index (χ3n) is 2.80. The molecule has 0 bridgehead atoms. The predicted octanol–water partition coefficient (Wildman–Crippen LogP) is 5.24. The topological polar surface area (TPSA) is 12.9 Å². The summed E-state index contributed by atoms with van der Waals surface area (Å²) in [5, 5.41) is 2.08. The number of benzene rings is 2. The second kappa shape index (κ2) is 5.04. The molecular formula is C15H10BrNS. The van der Waals surface area contributed by atoms with E-state index in [2.05, 4.69) is 68.8 Å². The number of nitrogens with zero attached hydrogens (tertiary/aromatic N) is 1. The van der Waals surface area contributed by atoms with E-state index in [1.807, 2.05) is 11.6 Å². The van der Waals surface area contributed by atoms with Crippen molar-refractivity contribution in [3.63, 3.8) is 0 Å². The Morgan fingerprint density at radius 3 is 2.17 bits per heavy atom. The third-order valence-corrected chi connectivity index (χ3v) is 4.08. The van der Waals surface area contributed by atoms with Crippen molar-refractivity contribution in [1.82, 2.24) is 4.98 Å². The summed E-state index contributed by atoms with van der Waals surface area (Å²) in [6.45, 7) is 0. The van der Waals surface area contributed by atoms with Crippen molar-refractivity contribution >= 4 is 27.3 Å². The maximum atomic E-state index is 4.41. The Kier molecular flexibility index (Phi) is 3.26. The molecule has 0 amide bonds. The summed E-state index contributed by atoms with van der Waals surface area (Å²) < 4.78 is 1.10. The molecule has 1 nitrogen and oxygen atoms in total. The highest BCUT2D eigenvalue weighted by atomic mass is 79.9. The van der Waals surface area contributed by atoms with Crippen LogP contribution in [0.4, 0.5) is 0 Å². The van der Waals surface area contributed by atoms with Crippen LogP contribution in [-0.2, 0) is 0 Å². The van der Waals surface area contributed by atoms with Crippen LogP contribution in [0.2, 0.25) is 0 Å². The number of rotatable bonds is 2. The van der Waals surface area contributed by atoms with E-state index in [-0.39, 0.29) is 0 Å². The van der Waals surface area contributed by atoms with Gasteiger partial charge in [-0.3, -0.25) is 0 Å². The highest BCUT2D eigenvalue weighted by molar-refractivity contribution is 9.10. The summed E-state index contributed by atoms with van der Waals surface area (Å²) in [4.78, 5) is 4.41. The first-order valence-electron chi connectivity index (χ1n) is 5.59. The van der Waals surface area contributed by atoms with Gasteiger partial charge in [0.05, 0.1) is 11.2 Å². The lowest BCUT2D eigenvalue weighted by Crippen LogP contribution is -1.85. The maximum Gasteiger partial charge on any atom is 0.0817 e. The quantitative estimate of drug-likeness (QED) is 0.630. The Morgan fingerprint density at radius 1 is 0.833 bits per heavy atom. The lowest BCUT2D eigenvalue weighted by Gasteiger charge is -2.09. The molecule has 1 heterocycles. The van der Waals surface area contributed by atoms with Crippen LogP contribution in [0.25, 0.3) is 22.4 Å². The zero-order valence-corrected chi connectivity index (χ0v) is 11.9. The molecule has 0 saturated carbocycles. The predicted molar refractivity (Wildman–Crippen MR) is 80.7 cm³/mol. The Morgan fingerprint density at radius 2 is 1.50 bits per heavy atom. The van der Waals surface area contributed by atoms with Gasteiger partial charge in [0.2, 0.25) is 0 Å². The molecular weight excluding hydrogens is 306 g/mol. The molecule has 0 unspecified atom stereocenters. The van der Waals surface area contributed by atoms with Gasteiger partial charge in [-0.05, 0) is 17.2 Å². The number of thiazole rings is 1. The lowest BCUT2D eigenvalue weighted by atomic mass is 9.98. The molecule has 0 atom stereocenters. The first-order valence-corrected chi connectivity index (χ1v) is 7.32. The summed E-state index contributed by atoms with van der Waals surface area (Å²) in [7, 11) is 0. The van der Waals surface area contributed by atoms with Gasteiger partial charge >= 0.3 is 0 Å². The molecule has 3 aromatic rings. The van der Waals surface area contributed by atoms with Crippen LogP contribution in [0.1, 0.15) is 0 Å². The zero-order valence-electron chi connectivity index (χ0n) is 9.51. The van der Waals surface area contributed by atoms with E-state index < -0.39 is 0 Å². The molecule has 0 N–H and O–H groups in total. The van der Waals surface area contributed by atoms with Gasteiger partial charge in [-0.15, -0.1) is 11.3 Å². The van der Waals surface area contributed by atoms with Crippen molar-refractivity contribution in [2.45, 2.75) is 0 Å². The van der Waals surface area contributed by atoms with Crippen LogP contribution in [0.5, 0.6) is 0 Å². The van der Waals surface area contributed by atoms with Crippen LogP contribution in [0.15, 0.2) is 63.9 Å². The minimum Gasteiger partial charge on any atom is -0.245 e. The molecule has 0 saturated heterocycles. The highest BCUT2D eigenvalue weighted by Crippen LogP contribution is 2.35. The SMILES string of the molecule is Brc1ccccc1-c1ccccc1-c1cscn1. The highest BCUT2D eigenvalue weighted by Gasteiger charge is 2.10. The Labute approximate surface area is 118 Å². The fraction of sp³-hybridized carbons (Fsp3) is 0. The van der Waals surface area contributed by atoms with Crippen molar-refractivity contribution in [3.8, 4) is 22.4 Å². The fourth-order valence-electron chi connectivity index (χ4n) is 1.97. The van der Waals surface area contributed by atoms with Crippen molar-refractivity contribution in [1.29, 1.82) is 0 Å². The molecule has 0 aliphatic carbocycles. The first-order chi connectivity index (χ1) is 8.86. The van der Waals surface area contributed by atoms with E-state index in [0.717, 1.165) is 10.2 Å². The van der Waals surface area contributed by atoms with Crippen molar-refractivity contribution in [2.75, 3.05) is 0 Å². The number of hydrogen-bond acceptors (Lipinski definition) is 2. The van der Waals surface area contributed by atoms with Gasteiger partial charge < -0.3 is 0 Å². The van der Waals surface area contributed by atoms with Gasteiger partial charge in [-0.2, -0.15) is 0 Å². The molecule has 2 aromatic carbocycles. The molecule has 0 aliphatic heterocycles. The van der Waals surface area contributed by atoms with E-state index in [0.29, 0.717) is 0 Å². The van der Waals surface area contributed by atoms with Gasteiger partial charge in [0.15, 0.2) is 0 Å². The number of halogens is 1. The molecule has 0 aliphatic rings. The van der Waals surface area contributed by atoms with E-state index in [9.17, 15) is 0 Å². The number of hydrogen-bond donors (Lipinski definition) is 0.